The summed E-state index contributed by atoms with van der Waals surface area (Å²) in [4.78, 5) is 33.9. The average molecular weight is 568 g/mol. The summed E-state index contributed by atoms with van der Waals surface area (Å²) in [6.07, 6.45) is -6.33. The van der Waals surface area contributed by atoms with Crippen LogP contribution in [0.25, 0.3) is 17.1 Å². The largest absolute Gasteiger partial charge is 0.476 e. The number of carbonyl (C=O) groups excluding carboxylic acids is 1. The number of halogens is 4. The number of pyridine rings is 1. The predicted octanol–water partition coefficient (Wildman–Crippen LogP) is 2.50. The Balaban J connectivity index is 1.79. The Morgan fingerprint density at radius 2 is 1.90 bits per heavy atom. The summed E-state index contributed by atoms with van der Waals surface area (Å²) in [7, 11) is 1.14. The zero-order valence-corrected chi connectivity index (χ0v) is 21.2. The van der Waals surface area contributed by atoms with E-state index in [0.717, 1.165) is 16.5 Å². The van der Waals surface area contributed by atoms with Crippen molar-refractivity contribution in [3.8, 4) is 23.0 Å². The molecule has 4 rings (SSSR count). The van der Waals surface area contributed by atoms with Gasteiger partial charge in [-0.2, -0.15) is 13.2 Å². The number of methoxy groups -OCH3 is 1. The van der Waals surface area contributed by atoms with Crippen LogP contribution in [0.3, 0.4) is 0 Å². The summed E-state index contributed by atoms with van der Waals surface area (Å²) in [5.41, 5.74) is -0.447. The van der Waals surface area contributed by atoms with Crippen molar-refractivity contribution in [1.29, 1.82) is 0 Å². The van der Waals surface area contributed by atoms with Gasteiger partial charge in [0.05, 0.1) is 20.3 Å². The second-order valence-corrected chi connectivity index (χ2v) is 8.39. The van der Waals surface area contributed by atoms with Crippen molar-refractivity contribution in [3.05, 3.63) is 69.8 Å². The zero-order valence-electron chi connectivity index (χ0n) is 20.5. The van der Waals surface area contributed by atoms with Gasteiger partial charge in [0.15, 0.2) is 17.8 Å². The van der Waals surface area contributed by atoms with E-state index >= 15 is 0 Å². The Hall–Kier alpha value is -4.24. The monoisotopic (exact) mass is 567 g/mol. The van der Waals surface area contributed by atoms with E-state index < -0.39 is 37.0 Å². The molecule has 0 unspecified atom stereocenters. The first kappa shape index (κ1) is 27.8. The van der Waals surface area contributed by atoms with E-state index in [4.69, 9.17) is 21.1 Å². The van der Waals surface area contributed by atoms with Gasteiger partial charge in [-0.15, -0.1) is 10.2 Å². The van der Waals surface area contributed by atoms with Crippen LogP contribution in [0.1, 0.15) is 23.4 Å². The maximum absolute atomic E-state index is 13.2. The molecule has 0 aliphatic rings. The molecule has 12 nitrogen and oxygen atoms in total. The number of benzene rings is 1. The number of carbonyl (C=O) groups is 1. The molecule has 0 bridgehead atoms. The first-order valence-corrected chi connectivity index (χ1v) is 11.7. The standard InChI is InChI=1S/C23H21ClF3N7O5/c1-3-39-20-15(5-4-10-28-20)34-19(21(36)38-2)29-17(30-34)12-33-22(37)32(11-16(35)23(25,26)27)18(31-33)13-6-8-14(24)9-7-13/h4-10,16,35H,3,11-12H2,1-2H3/t16-/m0/s1. The molecule has 4 aromatic rings. The lowest BCUT2D eigenvalue weighted by Gasteiger charge is -2.15. The van der Waals surface area contributed by atoms with Gasteiger partial charge in [0.25, 0.3) is 0 Å². The zero-order chi connectivity index (χ0) is 28.3. The van der Waals surface area contributed by atoms with Gasteiger partial charge in [0.2, 0.25) is 11.7 Å². The maximum atomic E-state index is 13.2. The predicted molar refractivity (Wildman–Crippen MR) is 130 cm³/mol. The van der Waals surface area contributed by atoms with Crippen molar-refractivity contribution >= 4 is 17.6 Å². The summed E-state index contributed by atoms with van der Waals surface area (Å²) in [6.45, 7) is 0.463. The molecule has 0 aliphatic carbocycles. The Morgan fingerprint density at radius 3 is 2.54 bits per heavy atom. The van der Waals surface area contributed by atoms with Crippen LogP contribution in [0.15, 0.2) is 47.4 Å². The molecule has 1 atom stereocenters. The lowest BCUT2D eigenvalue weighted by molar-refractivity contribution is -0.207. The first-order chi connectivity index (χ1) is 18.5. The molecule has 0 fully saturated rings. The van der Waals surface area contributed by atoms with Crippen LogP contribution in [0, 0.1) is 0 Å². The molecule has 1 aromatic carbocycles. The Morgan fingerprint density at radius 1 is 1.18 bits per heavy atom. The summed E-state index contributed by atoms with van der Waals surface area (Å²) >= 11 is 5.91. The van der Waals surface area contributed by atoms with E-state index in [-0.39, 0.29) is 41.2 Å². The minimum absolute atomic E-state index is 0.0903. The molecule has 0 radical (unpaired) electrons. The molecule has 3 aromatic heterocycles. The molecule has 3 heterocycles. The Bertz CT molecular complexity index is 1530. The Labute approximate surface area is 223 Å². The topological polar surface area (TPSA) is 139 Å². The molecule has 0 amide bonds. The van der Waals surface area contributed by atoms with E-state index in [1.54, 1.807) is 19.1 Å². The molecule has 0 spiro atoms. The molecule has 0 saturated carbocycles. The number of alkyl halides is 3. The van der Waals surface area contributed by atoms with Gasteiger partial charge >= 0.3 is 17.8 Å². The van der Waals surface area contributed by atoms with E-state index in [0.29, 0.717) is 9.59 Å². The number of nitrogens with zero attached hydrogens (tertiary/aromatic N) is 7. The van der Waals surface area contributed by atoms with Crippen molar-refractivity contribution < 1.29 is 32.5 Å². The molecule has 1 N–H and O–H groups in total. The minimum Gasteiger partial charge on any atom is -0.476 e. The first-order valence-electron chi connectivity index (χ1n) is 11.3. The van der Waals surface area contributed by atoms with Gasteiger partial charge in [-0.1, -0.05) is 11.6 Å². The summed E-state index contributed by atoms with van der Waals surface area (Å²) < 4.78 is 52.3. The smallest absolute Gasteiger partial charge is 0.416 e. The number of esters is 1. The number of hydrogen-bond donors (Lipinski definition) is 1. The minimum atomic E-state index is -4.98. The van der Waals surface area contributed by atoms with Crippen LogP contribution in [-0.4, -0.2) is 71.2 Å². The van der Waals surface area contributed by atoms with Crippen molar-refractivity contribution in [2.75, 3.05) is 13.7 Å². The fourth-order valence-corrected chi connectivity index (χ4v) is 3.66. The van der Waals surface area contributed by atoms with E-state index in [9.17, 15) is 27.9 Å². The normalized spacial score (nSPS) is 12.4. The van der Waals surface area contributed by atoms with Crippen LogP contribution < -0.4 is 10.4 Å². The lowest BCUT2D eigenvalue weighted by Crippen LogP contribution is -2.37. The van der Waals surface area contributed by atoms with Crippen LogP contribution in [-0.2, 0) is 17.8 Å². The van der Waals surface area contributed by atoms with Crippen LogP contribution in [0.4, 0.5) is 13.2 Å². The summed E-state index contributed by atoms with van der Waals surface area (Å²) in [5, 5.41) is 18.5. The molecule has 0 saturated heterocycles. The Kier molecular flexibility index (Phi) is 8.01. The van der Waals surface area contributed by atoms with Gasteiger partial charge in [-0.3, -0.25) is 4.57 Å². The van der Waals surface area contributed by atoms with Crippen LogP contribution in [0.2, 0.25) is 5.02 Å². The highest BCUT2D eigenvalue weighted by molar-refractivity contribution is 6.30. The summed E-state index contributed by atoms with van der Waals surface area (Å²) in [5.74, 6) is -1.22. The molecule has 39 heavy (non-hydrogen) atoms. The van der Waals surface area contributed by atoms with Crippen LogP contribution in [0.5, 0.6) is 5.88 Å². The van der Waals surface area contributed by atoms with E-state index in [1.165, 1.54) is 30.5 Å². The van der Waals surface area contributed by atoms with Gasteiger partial charge in [0.1, 0.15) is 12.2 Å². The molecule has 16 heteroatoms. The van der Waals surface area contributed by atoms with Gasteiger partial charge in [-0.05, 0) is 43.3 Å². The molecular weight excluding hydrogens is 547 g/mol. The van der Waals surface area contributed by atoms with Gasteiger partial charge in [0, 0.05) is 16.8 Å². The maximum Gasteiger partial charge on any atom is 0.416 e. The number of aliphatic hydroxyl groups excluding tert-OH is 1. The molecular formula is C23H21ClF3N7O5. The van der Waals surface area contributed by atoms with Crippen molar-refractivity contribution in [3.63, 3.8) is 0 Å². The number of aliphatic hydroxyl groups is 1. The highest BCUT2D eigenvalue weighted by Crippen LogP contribution is 2.25. The van der Waals surface area contributed by atoms with Gasteiger partial charge in [-0.25, -0.2) is 28.9 Å². The highest BCUT2D eigenvalue weighted by Gasteiger charge is 2.39. The third kappa shape index (κ3) is 5.93. The number of ether oxygens (including phenoxy) is 2. The third-order valence-corrected chi connectivity index (χ3v) is 5.58. The average Bonchev–Trinajstić information content (AvgIpc) is 3.45. The van der Waals surface area contributed by atoms with Crippen molar-refractivity contribution in [1.82, 2.24) is 34.1 Å². The van der Waals surface area contributed by atoms with Crippen molar-refractivity contribution in [2.45, 2.75) is 32.3 Å². The van der Waals surface area contributed by atoms with Gasteiger partial charge < -0.3 is 14.6 Å². The van der Waals surface area contributed by atoms with E-state index in [2.05, 4.69) is 20.2 Å². The fraction of sp³-hybridized carbons (Fsp3) is 0.304. The lowest BCUT2D eigenvalue weighted by atomic mass is 10.2. The molecule has 0 aliphatic heterocycles. The fourth-order valence-electron chi connectivity index (χ4n) is 3.54. The quantitative estimate of drug-likeness (QED) is 0.302. The number of hydrogen-bond acceptors (Lipinski definition) is 9. The molecule has 206 valence electrons. The summed E-state index contributed by atoms with van der Waals surface area (Å²) in [6, 6.07) is 9.02. The van der Waals surface area contributed by atoms with E-state index in [1.807, 2.05) is 0 Å². The second-order valence-electron chi connectivity index (χ2n) is 7.95. The van der Waals surface area contributed by atoms with Crippen molar-refractivity contribution in [2.24, 2.45) is 0 Å². The number of rotatable bonds is 9. The highest BCUT2D eigenvalue weighted by atomic mass is 35.5. The third-order valence-electron chi connectivity index (χ3n) is 5.33. The van der Waals surface area contributed by atoms with Crippen LogP contribution >= 0.6 is 11.6 Å². The second kappa shape index (κ2) is 11.2. The SMILES string of the molecule is CCOc1ncccc1-n1nc(Cn2nc(-c3ccc(Cl)cc3)n(C[C@H](O)C(F)(F)F)c2=O)nc1C(=O)OC. The number of aromatic nitrogens is 7.